The van der Waals surface area contributed by atoms with Crippen LogP contribution in [0, 0.1) is 5.82 Å². The molecule has 0 fully saturated rings. The van der Waals surface area contributed by atoms with Crippen LogP contribution in [0.5, 0.6) is 0 Å². The summed E-state index contributed by atoms with van der Waals surface area (Å²) >= 11 is 5.76. The topological polar surface area (TPSA) is 42.0 Å². The highest BCUT2D eigenvalue weighted by atomic mass is 35.5. The van der Waals surface area contributed by atoms with E-state index in [0.29, 0.717) is 6.20 Å². The van der Waals surface area contributed by atoms with Crippen LogP contribution in [-0.4, -0.2) is 17.4 Å². The van der Waals surface area contributed by atoms with E-state index in [9.17, 15) is 22.4 Å². The third-order valence-electron chi connectivity index (χ3n) is 3.01. The Bertz CT molecular complexity index is 719. The summed E-state index contributed by atoms with van der Waals surface area (Å²) in [7, 11) is 0. The van der Waals surface area contributed by atoms with Crippen LogP contribution in [0.2, 0.25) is 5.02 Å². The van der Waals surface area contributed by atoms with Gasteiger partial charge >= 0.3 is 6.18 Å². The molecule has 1 aromatic carbocycles. The summed E-state index contributed by atoms with van der Waals surface area (Å²) in [6.07, 6.45) is -3.72. The summed E-state index contributed by atoms with van der Waals surface area (Å²) in [5.41, 5.74) is -0.839. The van der Waals surface area contributed by atoms with E-state index < -0.39 is 23.5 Å². The van der Waals surface area contributed by atoms with Crippen molar-refractivity contribution in [3.05, 3.63) is 64.2 Å². The summed E-state index contributed by atoms with van der Waals surface area (Å²) in [4.78, 5) is 15.4. The van der Waals surface area contributed by atoms with Gasteiger partial charge in [0.25, 0.3) is 5.91 Å². The van der Waals surface area contributed by atoms with Gasteiger partial charge < -0.3 is 5.32 Å². The lowest BCUT2D eigenvalue weighted by Crippen LogP contribution is -2.26. The lowest BCUT2D eigenvalue weighted by atomic mass is 10.2. The molecule has 0 spiro atoms. The van der Waals surface area contributed by atoms with Crippen molar-refractivity contribution >= 4 is 17.5 Å². The normalized spacial score (nSPS) is 11.3. The number of hydrogen-bond donors (Lipinski definition) is 1. The van der Waals surface area contributed by atoms with Gasteiger partial charge in [-0.3, -0.25) is 9.78 Å². The summed E-state index contributed by atoms with van der Waals surface area (Å²) < 4.78 is 50.9. The number of nitrogens with zero attached hydrogens (tertiary/aromatic N) is 1. The molecule has 0 aliphatic rings. The zero-order valence-corrected chi connectivity index (χ0v) is 12.4. The highest BCUT2D eigenvalue weighted by molar-refractivity contribution is 6.31. The molecule has 0 saturated heterocycles. The summed E-state index contributed by atoms with van der Waals surface area (Å²) in [5, 5.41) is 2.32. The van der Waals surface area contributed by atoms with Crippen LogP contribution < -0.4 is 5.32 Å². The molecule has 0 aliphatic carbocycles. The Morgan fingerprint density at radius 3 is 2.57 bits per heavy atom. The van der Waals surface area contributed by atoms with Crippen molar-refractivity contribution in [3.63, 3.8) is 0 Å². The Morgan fingerprint density at radius 2 is 1.96 bits per heavy atom. The van der Waals surface area contributed by atoms with E-state index in [1.165, 1.54) is 18.2 Å². The SMILES string of the molecule is O=C(NCCc1ncc(C(F)(F)F)cc1Cl)c1ccccc1F. The van der Waals surface area contributed by atoms with Crippen molar-refractivity contribution in [1.29, 1.82) is 0 Å². The third kappa shape index (κ3) is 4.41. The predicted octanol–water partition coefficient (Wildman–Crippen LogP) is 3.87. The first kappa shape index (κ1) is 17.2. The van der Waals surface area contributed by atoms with Gasteiger partial charge in [-0.05, 0) is 18.2 Å². The standard InChI is InChI=1S/C15H11ClF4N2O/c16-11-7-9(15(18,19)20)8-22-13(11)5-6-21-14(23)10-3-1-2-4-12(10)17/h1-4,7-8H,5-6H2,(H,21,23). The van der Waals surface area contributed by atoms with Crippen LogP contribution in [0.15, 0.2) is 36.5 Å². The van der Waals surface area contributed by atoms with Crippen molar-refractivity contribution in [1.82, 2.24) is 10.3 Å². The van der Waals surface area contributed by atoms with E-state index in [1.807, 2.05) is 0 Å². The highest BCUT2D eigenvalue weighted by Crippen LogP contribution is 2.31. The van der Waals surface area contributed by atoms with Crippen molar-refractivity contribution < 1.29 is 22.4 Å². The largest absolute Gasteiger partial charge is 0.417 e. The number of amides is 1. The predicted molar refractivity (Wildman–Crippen MR) is 76.7 cm³/mol. The van der Waals surface area contributed by atoms with Crippen LogP contribution in [0.1, 0.15) is 21.6 Å². The number of pyridine rings is 1. The number of nitrogens with one attached hydrogen (secondary N) is 1. The van der Waals surface area contributed by atoms with E-state index >= 15 is 0 Å². The molecule has 0 radical (unpaired) electrons. The third-order valence-corrected chi connectivity index (χ3v) is 3.34. The fraction of sp³-hybridized carbons (Fsp3) is 0.200. The van der Waals surface area contributed by atoms with Crippen LogP contribution in [0.25, 0.3) is 0 Å². The van der Waals surface area contributed by atoms with Gasteiger partial charge in [0.15, 0.2) is 0 Å². The van der Waals surface area contributed by atoms with Gasteiger partial charge in [-0.15, -0.1) is 0 Å². The molecule has 2 aromatic rings. The first-order chi connectivity index (χ1) is 10.8. The summed E-state index contributed by atoms with van der Waals surface area (Å²) in [6, 6.07) is 6.24. The number of carbonyl (C=O) groups is 1. The van der Waals surface area contributed by atoms with Gasteiger partial charge in [0.05, 0.1) is 21.8 Å². The number of hydrogen-bond acceptors (Lipinski definition) is 2. The Kier molecular flexibility index (Phi) is 5.20. The molecule has 0 unspecified atom stereocenters. The summed E-state index contributed by atoms with van der Waals surface area (Å²) in [5.74, 6) is -1.28. The number of benzene rings is 1. The first-order valence-corrected chi connectivity index (χ1v) is 6.91. The molecule has 0 saturated carbocycles. The highest BCUT2D eigenvalue weighted by Gasteiger charge is 2.31. The van der Waals surface area contributed by atoms with Crippen LogP contribution in [-0.2, 0) is 12.6 Å². The van der Waals surface area contributed by atoms with Gasteiger partial charge in [-0.2, -0.15) is 13.2 Å². The summed E-state index contributed by atoms with van der Waals surface area (Å²) in [6.45, 7) is 0.0608. The second-order valence-corrected chi connectivity index (χ2v) is 5.04. The number of halogens is 5. The maximum absolute atomic E-state index is 13.4. The monoisotopic (exact) mass is 346 g/mol. The molecule has 1 N–H and O–H groups in total. The fourth-order valence-electron chi connectivity index (χ4n) is 1.84. The molecule has 0 aliphatic heterocycles. The van der Waals surface area contributed by atoms with Gasteiger partial charge in [-0.1, -0.05) is 23.7 Å². The van der Waals surface area contributed by atoms with E-state index in [2.05, 4.69) is 10.3 Å². The fourth-order valence-corrected chi connectivity index (χ4v) is 2.10. The number of carbonyl (C=O) groups excluding carboxylic acids is 1. The van der Waals surface area contributed by atoms with Gasteiger partial charge in [0, 0.05) is 19.2 Å². The van der Waals surface area contributed by atoms with Crippen molar-refractivity contribution in [2.75, 3.05) is 6.54 Å². The smallest absolute Gasteiger partial charge is 0.352 e. The minimum atomic E-state index is -4.52. The molecule has 1 amide bonds. The van der Waals surface area contributed by atoms with E-state index in [-0.39, 0.29) is 29.2 Å². The lowest BCUT2D eigenvalue weighted by Gasteiger charge is -2.10. The second-order valence-electron chi connectivity index (χ2n) is 4.64. The Labute approximate surface area is 134 Å². The Morgan fingerprint density at radius 1 is 1.26 bits per heavy atom. The molecule has 1 heterocycles. The van der Waals surface area contributed by atoms with Gasteiger partial charge in [0.2, 0.25) is 0 Å². The second kappa shape index (κ2) is 6.95. The maximum atomic E-state index is 13.4. The van der Waals surface area contributed by atoms with Crippen molar-refractivity contribution in [3.8, 4) is 0 Å². The van der Waals surface area contributed by atoms with Crippen molar-refractivity contribution in [2.45, 2.75) is 12.6 Å². The maximum Gasteiger partial charge on any atom is 0.417 e. The lowest BCUT2D eigenvalue weighted by molar-refractivity contribution is -0.137. The average Bonchev–Trinajstić information content (AvgIpc) is 2.48. The Hall–Kier alpha value is -2.15. The number of alkyl halides is 3. The van der Waals surface area contributed by atoms with E-state index in [1.54, 1.807) is 0 Å². The Balaban J connectivity index is 1.97. The molecular formula is C15H11ClF4N2O. The molecule has 8 heteroatoms. The van der Waals surface area contributed by atoms with Gasteiger partial charge in [-0.25, -0.2) is 4.39 Å². The molecule has 1 aromatic heterocycles. The molecule has 0 bridgehead atoms. The average molecular weight is 347 g/mol. The van der Waals surface area contributed by atoms with E-state index in [4.69, 9.17) is 11.6 Å². The van der Waals surface area contributed by atoms with Crippen LogP contribution in [0.4, 0.5) is 17.6 Å². The molecule has 2 rings (SSSR count). The zero-order chi connectivity index (χ0) is 17.0. The minimum Gasteiger partial charge on any atom is -0.352 e. The molecular weight excluding hydrogens is 336 g/mol. The van der Waals surface area contributed by atoms with E-state index in [0.717, 1.165) is 12.1 Å². The molecule has 0 atom stereocenters. The van der Waals surface area contributed by atoms with Crippen LogP contribution >= 0.6 is 11.6 Å². The molecule has 23 heavy (non-hydrogen) atoms. The number of aromatic nitrogens is 1. The van der Waals surface area contributed by atoms with Gasteiger partial charge in [0.1, 0.15) is 5.82 Å². The quantitative estimate of drug-likeness (QED) is 0.854. The van der Waals surface area contributed by atoms with Crippen LogP contribution in [0.3, 0.4) is 0 Å². The molecule has 3 nitrogen and oxygen atoms in total. The van der Waals surface area contributed by atoms with Crippen molar-refractivity contribution in [2.24, 2.45) is 0 Å². The molecule has 122 valence electrons. The zero-order valence-electron chi connectivity index (χ0n) is 11.6. The first-order valence-electron chi connectivity index (χ1n) is 6.53. The minimum absolute atomic E-state index is 0.0608. The number of rotatable bonds is 4.